The fourth-order valence-corrected chi connectivity index (χ4v) is 7.23. The standard InChI is InChI=1S/C23H31N3O3S2/c1-17(2)15-25-11-8-20(9-12-25)24-23(27)22-21(10-14-30-22)31(28,29)26-13-7-18-5-3-4-6-19(18)16-26/h3-6,10,14,17,20H,7-9,11-13,15-16H2,1-2H3,(H,24,27). The molecule has 0 atom stereocenters. The van der Waals surface area contributed by atoms with E-state index in [2.05, 4.69) is 30.1 Å². The Bertz CT molecular complexity index is 1020. The van der Waals surface area contributed by atoms with E-state index >= 15 is 0 Å². The van der Waals surface area contributed by atoms with Gasteiger partial charge in [0.25, 0.3) is 5.91 Å². The Hall–Kier alpha value is -1.74. The SMILES string of the molecule is CC(C)CN1CCC(NC(=O)c2sccc2S(=O)(=O)N2CCc3ccccc3C2)CC1. The lowest BCUT2D eigenvalue weighted by molar-refractivity contribution is 0.0908. The highest BCUT2D eigenvalue weighted by atomic mass is 32.2. The first-order valence-corrected chi connectivity index (χ1v) is 13.3. The predicted octanol–water partition coefficient (Wildman–Crippen LogP) is 3.35. The van der Waals surface area contributed by atoms with Crippen molar-refractivity contribution >= 4 is 27.3 Å². The molecule has 1 saturated heterocycles. The molecule has 0 radical (unpaired) electrons. The summed E-state index contributed by atoms with van der Waals surface area (Å²) in [5.41, 5.74) is 2.23. The molecule has 1 amide bonds. The predicted molar refractivity (Wildman–Crippen MR) is 124 cm³/mol. The molecular formula is C23H31N3O3S2. The topological polar surface area (TPSA) is 69.7 Å². The Morgan fingerprint density at radius 1 is 1.13 bits per heavy atom. The van der Waals surface area contributed by atoms with Gasteiger partial charge in [0.05, 0.1) is 0 Å². The third kappa shape index (κ3) is 5.03. The van der Waals surface area contributed by atoms with Crippen LogP contribution in [0.4, 0.5) is 0 Å². The lowest BCUT2D eigenvalue weighted by atomic mass is 10.0. The van der Waals surface area contributed by atoms with Crippen molar-refractivity contribution in [3.8, 4) is 0 Å². The number of hydrogen-bond acceptors (Lipinski definition) is 5. The molecule has 6 nitrogen and oxygen atoms in total. The second-order valence-corrected chi connectivity index (χ2v) is 11.7. The van der Waals surface area contributed by atoms with Gasteiger partial charge in [-0.05, 0) is 47.8 Å². The Morgan fingerprint density at radius 2 is 1.84 bits per heavy atom. The second kappa shape index (κ2) is 9.40. The van der Waals surface area contributed by atoms with Crippen molar-refractivity contribution in [1.82, 2.24) is 14.5 Å². The Balaban J connectivity index is 1.43. The molecule has 31 heavy (non-hydrogen) atoms. The van der Waals surface area contributed by atoms with E-state index < -0.39 is 10.0 Å². The van der Waals surface area contributed by atoms with Crippen LogP contribution in [0.1, 0.15) is 47.5 Å². The maximum atomic E-state index is 13.4. The number of sulfonamides is 1. The largest absolute Gasteiger partial charge is 0.348 e. The summed E-state index contributed by atoms with van der Waals surface area (Å²) in [6.45, 7) is 8.22. The molecule has 1 N–H and O–H groups in total. The number of carbonyl (C=O) groups is 1. The highest BCUT2D eigenvalue weighted by Gasteiger charge is 2.33. The maximum Gasteiger partial charge on any atom is 0.262 e. The number of likely N-dealkylation sites (tertiary alicyclic amines) is 1. The fourth-order valence-electron chi connectivity index (χ4n) is 4.51. The molecule has 0 bridgehead atoms. The maximum absolute atomic E-state index is 13.4. The number of piperidine rings is 1. The first kappa shape index (κ1) is 22.5. The van der Waals surface area contributed by atoms with Crippen LogP contribution in [0.3, 0.4) is 0 Å². The van der Waals surface area contributed by atoms with Gasteiger partial charge in [-0.1, -0.05) is 38.1 Å². The average molecular weight is 462 g/mol. The van der Waals surface area contributed by atoms with Gasteiger partial charge in [-0.15, -0.1) is 11.3 Å². The quantitative estimate of drug-likeness (QED) is 0.716. The van der Waals surface area contributed by atoms with Crippen LogP contribution in [0, 0.1) is 5.92 Å². The van der Waals surface area contributed by atoms with Crippen LogP contribution in [0.2, 0.25) is 0 Å². The number of amides is 1. The van der Waals surface area contributed by atoms with Crippen LogP contribution in [0.25, 0.3) is 0 Å². The summed E-state index contributed by atoms with van der Waals surface area (Å²) in [5, 5.41) is 4.79. The van der Waals surface area contributed by atoms with Gasteiger partial charge in [-0.3, -0.25) is 4.79 Å². The highest BCUT2D eigenvalue weighted by Crippen LogP contribution is 2.29. The number of fused-ring (bicyclic) bond motifs is 1. The number of nitrogens with one attached hydrogen (secondary N) is 1. The minimum absolute atomic E-state index is 0.0930. The van der Waals surface area contributed by atoms with Gasteiger partial charge in [0.2, 0.25) is 10.0 Å². The van der Waals surface area contributed by atoms with Gasteiger partial charge in [0, 0.05) is 38.8 Å². The lowest BCUT2D eigenvalue weighted by Crippen LogP contribution is -2.45. The van der Waals surface area contributed by atoms with E-state index in [1.807, 2.05) is 18.2 Å². The highest BCUT2D eigenvalue weighted by molar-refractivity contribution is 7.89. The van der Waals surface area contributed by atoms with Crippen LogP contribution in [-0.4, -0.2) is 55.8 Å². The van der Waals surface area contributed by atoms with Crippen molar-refractivity contribution in [2.24, 2.45) is 5.92 Å². The summed E-state index contributed by atoms with van der Waals surface area (Å²) < 4.78 is 28.2. The van der Waals surface area contributed by atoms with Crippen LogP contribution in [0.5, 0.6) is 0 Å². The lowest BCUT2D eigenvalue weighted by Gasteiger charge is -2.33. The molecule has 4 rings (SSSR count). The van der Waals surface area contributed by atoms with Gasteiger partial charge < -0.3 is 10.2 Å². The Labute approximate surface area is 189 Å². The van der Waals surface area contributed by atoms with Gasteiger partial charge >= 0.3 is 0 Å². The van der Waals surface area contributed by atoms with Crippen LogP contribution in [-0.2, 0) is 23.0 Å². The number of carbonyl (C=O) groups excluding carboxylic acids is 1. The molecular weight excluding hydrogens is 430 g/mol. The number of thiophene rings is 1. The molecule has 1 fully saturated rings. The molecule has 1 aromatic carbocycles. The molecule has 168 valence electrons. The van der Waals surface area contributed by atoms with Crippen molar-refractivity contribution in [3.05, 3.63) is 51.7 Å². The van der Waals surface area contributed by atoms with Gasteiger partial charge in [-0.25, -0.2) is 8.42 Å². The van der Waals surface area contributed by atoms with Gasteiger partial charge in [0.1, 0.15) is 9.77 Å². The van der Waals surface area contributed by atoms with E-state index in [1.165, 1.54) is 21.2 Å². The van der Waals surface area contributed by atoms with Crippen LogP contribution in [0.15, 0.2) is 40.6 Å². The number of hydrogen-bond donors (Lipinski definition) is 1. The third-order valence-electron chi connectivity index (χ3n) is 6.09. The number of benzene rings is 1. The summed E-state index contributed by atoms with van der Waals surface area (Å²) in [6, 6.07) is 9.61. The van der Waals surface area contributed by atoms with Gasteiger partial charge in [-0.2, -0.15) is 4.31 Å². The van der Waals surface area contributed by atoms with Crippen molar-refractivity contribution in [2.75, 3.05) is 26.2 Å². The molecule has 8 heteroatoms. The van der Waals surface area contributed by atoms with Crippen molar-refractivity contribution in [1.29, 1.82) is 0 Å². The van der Waals surface area contributed by atoms with E-state index in [4.69, 9.17) is 0 Å². The molecule has 3 heterocycles. The van der Waals surface area contributed by atoms with E-state index in [1.54, 1.807) is 11.4 Å². The zero-order valence-electron chi connectivity index (χ0n) is 18.2. The fraction of sp³-hybridized carbons (Fsp3) is 0.522. The Morgan fingerprint density at radius 3 is 2.55 bits per heavy atom. The molecule has 2 aromatic rings. The van der Waals surface area contributed by atoms with E-state index in [9.17, 15) is 13.2 Å². The summed E-state index contributed by atoms with van der Waals surface area (Å²) in [7, 11) is -3.73. The normalized spacial score (nSPS) is 18.8. The smallest absolute Gasteiger partial charge is 0.262 e. The van der Waals surface area contributed by atoms with Crippen molar-refractivity contribution < 1.29 is 13.2 Å². The third-order valence-corrected chi connectivity index (χ3v) is 9.02. The average Bonchev–Trinajstić information content (AvgIpc) is 3.25. The zero-order valence-corrected chi connectivity index (χ0v) is 19.8. The van der Waals surface area contributed by atoms with Crippen LogP contribution < -0.4 is 5.32 Å². The van der Waals surface area contributed by atoms with Gasteiger partial charge in [0.15, 0.2) is 0 Å². The van der Waals surface area contributed by atoms with Crippen molar-refractivity contribution in [2.45, 2.75) is 50.6 Å². The summed E-state index contributed by atoms with van der Waals surface area (Å²) >= 11 is 1.20. The monoisotopic (exact) mass is 461 g/mol. The molecule has 0 saturated carbocycles. The first-order valence-electron chi connectivity index (χ1n) is 11.0. The molecule has 0 aliphatic carbocycles. The van der Waals surface area contributed by atoms with E-state index in [-0.39, 0.29) is 16.8 Å². The van der Waals surface area contributed by atoms with E-state index in [0.29, 0.717) is 30.3 Å². The number of nitrogens with zero attached hydrogens (tertiary/aromatic N) is 2. The first-order chi connectivity index (χ1) is 14.8. The van der Waals surface area contributed by atoms with Crippen LogP contribution >= 0.6 is 11.3 Å². The second-order valence-electron chi connectivity index (χ2n) is 8.91. The molecule has 2 aliphatic rings. The molecule has 0 unspecified atom stereocenters. The molecule has 1 aromatic heterocycles. The number of rotatable bonds is 6. The minimum atomic E-state index is -3.73. The van der Waals surface area contributed by atoms with E-state index in [0.717, 1.165) is 38.0 Å². The molecule has 2 aliphatic heterocycles. The zero-order chi connectivity index (χ0) is 22.0. The summed E-state index contributed by atoms with van der Waals surface area (Å²) in [5.74, 6) is 0.361. The minimum Gasteiger partial charge on any atom is -0.348 e. The summed E-state index contributed by atoms with van der Waals surface area (Å²) in [4.78, 5) is 15.8. The summed E-state index contributed by atoms with van der Waals surface area (Å²) in [6.07, 6.45) is 2.49. The van der Waals surface area contributed by atoms with Crippen molar-refractivity contribution in [3.63, 3.8) is 0 Å². The molecule has 0 spiro atoms. The Kier molecular flexibility index (Phi) is 6.81.